The van der Waals surface area contributed by atoms with E-state index in [1.54, 1.807) is 6.20 Å². The molecular weight excluding hydrogens is 200 g/mol. The van der Waals surface area contributed by atoms with Crippen LogP contribution in [0.2, 0.25) is 0 Å². The predicted octanol–water partition coefficient (Wildman–Crippen LogP) is 2.60. The van der Waals surface area contributed by atoms with Crippen LogP contribution in [0.4, 0.5) is 0 Å². The van der Waals surface area contributed by atoms with E-state index in [0.29, 0.717) is 0 Å². The van der Waals surface area contributed by atoms with E-state index in [-0.39, 0.29) is 0 Å². The van der Waals surface area contributed by atoms with E-state index >= 15 is 0 Å². The molecule has 4 heteroatoms. The monoisotopic (exact) mass is 224 g/mol. The Morgan fingerprint density at radius 1 is 1.00 bits per heavy atom. The van der Waals surface area contributed by atoms with Crippen LogP contribution in [0.25, 0.3) is 0 Å². The van der Waals surface area contributed by atoms with Gasteiger partial charge < -0.3 is 0 Å². The first-order valence-electron chi connectivity index (χ1n) is 6.50. The lowest BCUT2D eigenvalue weighted by Gasteiger charge is -2.23. The van der Waals surface area contributed by atoms with Gasteiger partial charge in [-0.15, -0.1) is 5.10 Å². The summed E-state index contributed by atoms with van der Waals surface area (Å²) in [5, 5.41) is 10.2. The van der Waals surface area contributed by atoms with Gasteiger partial charge >= 0.3 is 0 Å². The van der Waals surface area contributed by atoms with E-state index < -0.39 is 0 Å². The molecule has 0 saturated heterocycles. The first-order valence-corrected chi connectivity index (χ1v) is 6.50. The first kappa shape index (κ1) is 13.0. The second-order valence-electron chi connectivity index (χ2n) is 4.19. The van der Waals surface area contributed by atoms with Crippen molar-refractivity contribution in [3.63, 3.8) is 0 Å². The Hall–Kier alpha value is -1.06. The number of rotatable bonds is 9. The Kier molecular flexibility index (Phi) is 6.61. The van der Waals surface area contributed by atoms with Crippen LogP contribution >= 0.6 is 0 Å². The second-order valence-corrected chi connectivity index (χ2v) is 4.19. The molecule has 0 aliphatic carbocycles. The zero-order valence-corrected chi connectivity index (χ0v) is 10.6. The summed E-state index contributed by atoms with van der Waals surface area (Å²) in [6.45, 7) is 6.63. The first-order chi connectivity index (χ1) is 7.88. The average molecular weight is 224 g/mol. The molecule has 1 aromatic rings. The topological polar surface area (TPSA) is 34.0 Å². The van der Waals surface area contributed by atoms with Crippen LogP contribution in [-0.4, -0.2) is 28.2 Å². The number of hydrogen-bond donors (Lipinski definition) is 0. The molecule has 1 rings (SSSR count). The summed E-state index contributed by atoms with van der Waals surface area (Å²) < 4.78 is 0. The van der Waals surface area contributed by atoms with Crippen LogP contribution in [-0.2, 0) is 0 Å². The SMILES string of the molecule is CCCCCN(CCCCC)n1ccnn1. The lowest BCUT2D eigenvalue weighted by molar-refractivity contribution is 0.480. The number of aromatic nitrogens is 3. The van der Waals surface area contributed by atoms with Crippen LogP contribution in [0.1, 0.15) is 52.4 Å². The van der Waals surface area contributed by atoms with E-state index in [9.17, 15) is 0 Å². The van der Waals surface area contributed by atoms with Crippen molar-refractivity contribution in [3.8, 4) is 0 Å². The maximum absolute atomic E-state index is 4.07. The molecule has 0 bridgehead atoms. The summed E-state index contributed by atoms with van der Waals surface area (Å²) in [6.07, 6.45) is 11.3. The van der Waals surface area contributed by atoms with Crippen LogP contribution in [0.5, 0.6) is 0 Å². The lowest BCUT2D eigenvalue weighted by Crippen LogP contribution is -2.37. The van der Waals surface area contributed by atoms with Crippen molar-refractivity contribution >= 4 is 0 Å². The van der Waals surface area contributed by atoms with Gasteiger partial charge in [0.1, 0.15) is 0 Å². The Balaban J connectivity index is 2.36. The van der Waals surface area contributed by atoms with Crippen molar-refractivity contribution in [2.24, 2.45) is 0 Å². The molecular formula is C12H24N4. The molecule has 0 fully saturated rings. The fourth-order valence-corrected chi connectivity index (χ4v) is 1.76. The maximum atomic E-state index is 4.07. The van der Waals surface area contributed by atoms with E-state index in [1.807, 2.05) is 11.0 Å². The van der Waals surface area contributed by atoms with Crippen molar-refractivity contribution < 1.29 is 0 Å². The number of unbranched alkanes of at least 4 members (excludes halogenated alkanes) is 4. The molecule has 0 spiro atoms. The Morgan fingerprint density at radius 2 is 1.62 bits per heavy atom. The lowest BCUT2D eigenvalue weighted by atomic mass is 10.2. The molecule has 0 N–H and O–H groups in total. The summed E-state index contributed by atoms with van der Waals surface area (Å²) in [5.41, 5.74) is 0. The quantitative estimate of drug-likeness (QED) is 0.605. The normalized spacial score (nSPS) is 10.6. The van der Waals surface area contributed by atoms with Crippen LogP contribution in [0.15, 0.2) is 12.4 Å². The smallest absolute Gasteiger partial charge is 0.0715 e. The van der Waals surface area contributed by atoms with Crippen LogP contribution < -0.4 is 5.01 Å². The Bertz CT molecular complexity index is 236. The second kappa shape index (κ2) is 8.13. The third-order valence-corrected chi connectivity index (χ3v) is 2.74. The van der Waals surface area contributed by atoms with Crippen LogP contribution in [0, 0.1) is 0 Å². The zero-order valence-electron chi connectivity index (χ0n) is 10.6. The molecule has 4 nitrogen and oxygen atoms in total. The fourth-order valence-electron chi connectivity index (χ4n) is 1.76. The van der Waals surface area contributed by atoms with Gasteiger partial charge in [-0.1, -0.05) is 39.5 Å². The van der Waals surface area contributed by atoms with Gasteiger partial charge in [0, 0.05) is 13.1 Å². The van der Waals surface area contributed by atoms with Crippen molar-refractivity contribution in [2.45, 2.75) is 52.4 Å². The Morgan fingerprint density at radius 3 is 2.06 bits per heavy atom. The molecule has 1 heterocycles. The van der Waals surface area contributed by atoms with Gasteiger partial charge in [0.05, 0.1) is 12.4 Å². The Labute approximate surface area is 98.6 Å². The van der Waals surface area contributed by atoms with Gasteiger partial charge in [-0.25, -0.2) is 0 Å². The van der Waals surface area contributed by atoms with Crippen molar-refractivity contribution in [1.29, 1.82) is 0 Å². The summed E-state index contributed by atoms with van der Waals surface area (Å²) in [5.74, 6) is 0. The predicted molar refractivity (Wildman–Crippen MR) is 67.0 cm³/mol. The summed E-state index contributed by atoms with van der Waals surface area (Å²) in [7, 11) is 0. The highest BCUT2D eigenvalue weighted by Crippen LogP contribution is 2.01. The van der Waals surface area contributed by atoms with E-state index in [0.717, 1.165) is 13.1 Å². The van der Waals surface area contributed by atoms with Crippen molar-refractivity contribution in [2.75, 3.05) is 18.1 Å². The molecule has 0 saturated carbocycles. The molecule has 0 aromatic carbocycles. The molecule has 0 aliphatic rings. The minimum absolute atomic E-state index is 1.08. The number of hydrogen-bond acceptors (Lipinski definition) is 3. The standard InChI is InChI=1S/C12H24N4/c1-3-5-7-10-15(11-8-6-4-2)16-12-9-13-14-16/h9,12H,3-8,10-11H2,1-2H3. The van der Waals surface area contributed by atoms with Gasteiger partial charge in [-0.3, -0.25) is 5.01 Å². The molecule has 1 aromatic heterocycles. The van der Waals surface area contributed by atoms with E-state index in [4.69, 9.17) is 0 Å². The fraction of sp³-hybridized carbons (Fsp3) is 0.833. The average Bonchev–Trinajstić information content (AvgIpc) is 2.81. The highest BCUT2D eigenvalue weighted by molar-refractivity contribution is 4.83. The van der Waals surface area contributed by atoms with Gasteiger partial charge in [-0.2, -0.15) is 4.79 Å². The maximum Gasteiger partial charge on any atom is 0.0715 e. The van der Waals surface area contributed by atoms with Gasteiger partial charge in [0.15, 0.2) is 0 Å². The third-order valence-electron chi connectivity index (χ3n) is 2.74. The van der Waals surface area contributed by atoms with Gasteiger partial charge in [0.25, 0.3) is 0 Å². The molecule has 92 valence electrons. The highest BCUT2D eigenvalue weighted by atomic mass is 15.7. The molecule has 16 heavy (non-hydrogen) atoms. The summed E-state index contributed by atoms with van der Waals surface area (Å²) in [4.78, 5) is 1.88. The molecule has 0 atom stereocenters. The van der Waals surface area contributed by atoms with Crippen LogP contribution in [0.3, 0.4) is 0 Å². The van der Waals surface area contributed by atoms with Gasteiger partial charge in [0.2, 0.25) is 0 Å². The third kappa shape index (κ3) is 4.64. The molecule has 0 unspecified atom stereocenters. The molecule has 0 amide bonds. The summed E-state index contributed by atoms with van der Waals surface area (Å²) >= 11 is 0. The minimum atomic E-state index is 1.08. The zero-order chi connectivity index (χ0) is 11.6. The van der Waals surface area contributed by atoms with E-state index in [1.165, 1.54) is 38.5 Å². The highest BCUT2D eigenvalue weighted by Gasteiger charge is 2.04. The number of nitrogens with zero attached hydrogens (tertiary/aromatic N) is 4. The minimum Gasteiger partial charge on any atom is -0.296 e. The van der Waals surface area contributed by atoms with Crippen molar-refractivity contribution in [3.05, 3.63) is 12.4 Å². The van der Waals surface area contributed by atoms with Crippen molar-refractivity contribution in [1.82, 2.24) is 15.1 Å². The molecule has 0 radical (unpaired) electrons. The largest absolute Gasteiger partial charge is 0.296 e. The molecule has 0 aliphatic heterocycles. The van der Waals surface area contributed by atoms with Gasteiger partial charge in [-0.05, 0) is 18.1 Å². The summed E-state index contributed by atoms with van der Waals surface area (Å²) in [6, 6.07) is 0. The van der Waals surface area contributed by atoms with E-state index in [2.05, 4.69) is 29.2 Å².